The van der Waals surface area contributed by atoms with Gasteiger partial charge in [-0.05, 0) is 12.5 Å². The van der Waals surface area contributed by atoms with E-state index in [1.165, 1.54) is 0 Å². The van der Waals surface area contributed by atoms with Crippen molar-refractivity contribution in [3.8, 4) is 0 Å². The molecule has 0 aliphatic carbocycles. The lowest BCUT2D eigenvalue weighted by atomic mass is 10.7. The zero-order chi connectivity index (χ0) is 13.5. The Balaban J connectivity index is 2.96. The molecule has 0 aliphatic rings. The summed E-state index contributed by atoms with van der Waals surface area (Å²) in [4.78, 5) is 2.60. The van der Waals surface area contributed by atoms with Crippen LogP contribution in [0.15, 0.2) is 5.11 Å². The molecule has 0 amide bonds. The van der Waals surface area contributed by atoms with Gasteiger partial charge in [-0.2, -0.15) is 0 Å². The van der Waals surface area contributed by atoms with E-state index < -0.39 is 6.29 Å². The first-order chi connectivity index (χ1) is 8.77. The molecule has 106 valence electrons. The normalized spacial score (nSPS) is 12.1. The minimum absolute atomic E-state index is 0.336. The molecule has 0 radical (unpaired) electrons. The molecule has 0 fully saturated rings. The van der Waals surface area contributed by atoms with E-state index >= 15 is 0 Å². The van der Waals surface area contributed by atoms with Crippen LogP contribution in [0, 0.1) is 0 Å². The van der Waals surface area contributed by atoms with Crippen molar-refractivity contribution in [1.29, 1.82) is 0 Å². The predicted octanol–water partition coefficient (Wildman–Crippen LogP) is 0.701. The van der Waals surface area contributed by atoms with Crippen molar-refractivity contribution in [3.05, 3.63) is 10.4 Å². The molecule has 0 saturated carbocycles. The molecular weight excluding hydrogens is 242 g/mol. The lowest BCUT2D eigenvalue weighted by molar-refractivity contribution is -0.102. The third-order valence-corrected chi connectivity index (χ3v) is 1.73. The van der Waals surface area contributed by atoms with Gasteiger partial charge < -0.3 is 24.1 Å². The first-order valence-electron chi connectivity index (χ1n) is 5.81. The topological polar surface area (TPSA) is 106 Å². The van der Waals surface area contributed by atoms with Gasteiger partial charge in [0.2, 0.25) is 0 Å². The molecule has 0 aromatic carbocycles. The van der Waals surface area contributed by atoms with Crippen molar-refractivity contribution < 1.29 is 24.1 Å². The Kier molecular flexibility index (Phi) is 13.5. The number of ether oxygens (including phenoxy) is 4. The van der Waals surface area contributed by atoms with E-state index in [4.69, 9.17) is 29.6 Å². The van der Waals surface area contributed by atoms with E-state index in [2.05, 4.69) is 10.0 Å². The average molecular weight is 263 g/mol. The fourth-order valence-electron chi connectivity index (χ4n) is 0.970. The number of nitrogens with zero attached hydrogens (tertiary/aromatic N) is 3. The molecule has 0 bridgehead atoms. The number of rotatable bonds is 13. The fourth-order valence-corrected chi connectivity index (χ4v) is 0.970. The summed E-state index contributed by atoms with van der Waals surface area (Å²) in [5.41, 5.74) is 8.00. The predicted molar refractivity (Wildman–Crippen MR) is 64.1 cm³/mol. The summed E-state index contributed by atoms with van der Waals surface area (Å²) in [6.07, 6.45) is -0.757. The smallest absolute Gasteiger partial charge is 0.151 e. The molecule has 8 heteroatoms. The van der Waals surface area contributed by atoms with E-state index in [1.807, 2.05) is 0 Å². The highest BCUT2D eigenvalue weighted by Gasteiger charge is 1.94. The third-order valence-electron chi connectivity index (χ3n) is 1.73. The Morgan fingerprint density at radius 2 is 1.50 bits per heavy atom. The minimum Gasteiger partial charge on any atom is -0.379 e. The second kappa shape index (κ2) is 14.2. The van der Waals surface area contributed by atoms with Gasteiger partial charge in [0.1, 0.15) is 0 Å². The van der Waals surface area contributed by atoms with Crippen LogP contribution in [0.4, 0.5) is 0 Å². The van der Waals surface area contributed by atoms with Crippen LogP contribution in [0.5, 0.6) is 0 Å². The van der Waals surface area contributed by atoms with Crippen LogP contribution in [-0.2, 0) is 18.9 Å². The first kappa shape index (κ1) is 17.1. The zero-order valence-electron chi connectivity index (χ0n) is 10.7. The number of hydrogen-bond donors (Lipinski definition) is 1. The second-order valence-electron chi connectivity index (χ2n) is 3.26. The molecule has 0 aliphatic heterocycles. The van der Waals surface area contributed by atoms with Crippen molar-refractivity contribution in [2.24, 2.45) is 5.11 Å². The lowest BCUT2D eigenvalue weighted by Crippen LogP contribution is -2.14. The summed E-state index contributed by atoms with van der Waals surface area (Å²) in [5, 5.41) is 12.1. The number of azide groups is 1. The molecule has 0 rings (SSSR count). The number of hydrogen-bond acceptors (Lipinski definition) is 6. The Hall–Kier alpha value is -0.890. The highest BCUT2D eigenvalue weighted by molar-refractivity contribution is 4.44. The van der Waals surface area contributed by atoms with E-state index in [0.717, 1.165) is 0 Å². The Bertz CT molecular complexity index is 222. The highest BCUT2D eigenvalue weighted by Crippen LogP contribution is 1.85. The second-order valence-corrected chi connectivity index (χ2v) is 3.26. The van der Waals surface area contributed by atoms with Crippen molar-refractivity contribution in [1.82, 2.24) is 0 Å². The average Bonchev–Trinajstić information content (AvgIpc) is 2.34. The molecule has 0 aromatic rings. The molecule has 1 N–H and O–H groups in total. The quantitative estimate of drug-likeness (QED) is 0.173. The van der Waals surface area contributed by atoms with Gasteiger partial charge in [-0.3, -0.25) is 0 Å². The van der Waals surface area contributed by atoms with E-state index in [0.29, 0.717) is 52.8 Å². The van der Waals surface area contributed by atoms with Gasteiger partial charge in [0.15, 0.2) is 6.29 Å². The van der Waals surface area contributed by atoms with Gasteiger partial charge in [0.05, 0.1) is 46.2 Å². The molecule has 0 spiro atoms. The van der Waals surface area contributed by atoms with Gasteiger partial charge in [-0.1, -0.05) is 5.11 Å². The summed E-state index contributed by atoms with van der Waals surface area (Å²) in [7, 11) is 0. The van der Waals surface area contributed by atoms with Crippen molar-refractivity contribution in [2.45, 2.75) is 13.2 Å². The van der Waals surface area contributed by atoms with E-state index in [1.54, 1.807) is 6.92 Å². The molecular formula is C10H21N3O5. The first-order valence-corrected chi connectivity index (χ1v) is 5.81. The maximum atomic E-state index is 8.79. The maximum Gasteiger partial charge on any atom is 0.151 e. The van der Waals surface area contributed by atoms with Crippen LogP contribution in [-0.4, -0.2) is 64.2 Å². The monoisotopic (exact) mass is 263 g/mol. The Morgan fingerprint density at radius 3 is 2.00 bits per heavy atom. The molecule has 18 heavy (non-hydrogen) atoms. The lowest BCUT2D eigenvalue weighted by Gasteiger charge is -2.08. The van der Waals surface area contributed by atoms with E-state index in [-0.39, 0.29) is 0 Å². The van der Waals surface area contributed by atoms with Crippen LogP contribution in [0.3, 0.4) is 0 Å². The van der Waals surface area contributed by atoms with Crippen molar-refractivity contribution in [3.63, 3.8) is 0 Å². The maximum absolute atomic E-state index is 8.79. The van der Waals surface area contributed by atoms with Gasteiger partial charge in [-0.15, -0.1) is 0 Å². The molecule has 0 aromatic heterocycles. The summed E-state index contributed by atoms with van der Waals surface area (Å²) >= 11 is 0. The summed E-state index contributed by atoms with van der Waals surface area (Å²) in [6, 6.07) is 0. The number of aliphatic hydroxyl groups is 1. The zero-order valence-corrected chi connectivity index (χ0v) is 10.7. The van der Waals surface area contributed by atoms with Gasteiger partial charge in [0.25, 0.3) is 0 Å². The highest BCUT2D eigenvalue weighted by atomic mass is 16.6. The van der Waals surface area contributed by atoms with Gasteiger partial charge in [0, 0.05) is 11.5 Å². The van der Waals surface area contributed by atoms with Gasteiger partial charge >= 0.3 is 0 Å². The molecule has 0 heterocycles. The van der Waals surface area contributed by atoms with Crippen molar-refractivity contribution >= 4 is 0 Å². The SMILES string of the molecule is CC(O)OCCOCCOCCOCCN=[N+]=[N-]. The Morgan fingerprint density at radius 1 is 1.00 bits per heavy atom. The van der Waals surface area contributed by atoms with Crippen LogP contribution in [0.2, 0.25) is 0 Å². The van der Waals surface area contributed by atoms with Crippen molar-refractivity contribution in [2.75, 3.05) is 52.8 Å². The van der Waals surface area contributed by atoms with Gasteiger partial charge in [-0.25, -0.2) is 0 Å². The molecule has 1 unspecified atom stereocenters. The van der Waals surface area contributed by atoms with Crippen LogP contribution >= 0.6 is 0 Å². The Labute approximate surface area is 106 Å². The third kappa shape index (κ3) is 15.1. The standard InChI is InChI=1S/C10H21N3O5/c1-10(14)18-9-8-17-7-6-16-5-4-15-3-2-12-13-11/h10,14H,2-9H2,1H3. The summed E-state index contributed by atoms with van der Waals surface area (Å²) < 4.78 is 20.4. The molecule has 1 atom stereocenters. The van der Waals surface area contributed by atoms with Crippen LogP contribution in [0.1, 0.15) is 6.92 Å². The summed E-state index contributed by atoms with van der Waals surface area (Å²) in [6.45, 7) is 4.97. The number of aliphatic hydroxyl groups excluding tert-OH is 1. The summed E-state index contributed by atoms with van der Waals surface area (Å²) in [5.74, 6) is 0. The van der Waals surface area contributed by atoms with Crippen LogP contribution < -0.4 is 0 Å². The van der Waals surface area contributed by atoms with Crippen LogP contribution in [0.25, 0.3) is 10.4 Å². The fraction of sp³-hybridized carbons (Fsp3) is 1.00. The minimum atomic E-state index is -0.757. The molecule has 0 saturated heterocycles. The van der Waals surface area contributed by atoms with E-state index in [9.17, 15) is 0 Å². The largest absolute Gasteiger partial charge is 0.379 e. The molecule has 8 nitrogen and oxygen atoms in total.